The number of hydrogen-bond acceptors (Lipinski definition) is 3. The van der Waals surface area contributed by atoms with Gasteiger partial charge in [-0.3, -0.25) is 4.79 Å². The standard InChI is InChI=1S/C23H28N4O3/c1-4-5-11-21(28)27(16-25-26-24)23(17(2)3,22(29)30)20-14-12-19(13-15-20)18-9-7-6-8-10-18/h6-10,12-15,17H,4-5,11,16H2,1-3H3,(H,29,30)/t23-/m1/s1. The molecule has 0 aliphatic carbocycles. The summed E-state index contributed by atoms with van der Waals surface area (Å²) < 4.78 is 0. The molecule has 0 heterocycles. The largest absolute Gasteiger partial charge is 0.479 e. The minimum atomic E-state index is -1.64. The highest BCUT2D eigenvalue weighted by molar-refractivity contribution is 5.89. The number of carboxylic acid groups (broad SMARTS) is 1. The monoisotopic (exact) mass is 408 g/mol. The van der Waals surface area contributed by atoms with Crippen molar-refractivity contribution in [1.82, 2.24) is 4.90 Å². The van der Waals surface area contributed by atoms with Gasteiger partial charge in [0.25, 0.3) is 0 Å². The maximum Gasteiger partial charge on any atom is 0.334 e. The van der Waals surface area contributed by atoms with Crippen molar-refractivity contribution in [2.75, 3.05) is 6.67 Å². The summed E-state index contributed by atoms with van der Waals surface area (Å²) >= 11 is 0. The first-order valence-electron chi connectivity index (χ1n) is 10.1. The van der Waals surface area contributed by atoms with Crippen LogP contribution in [0.15, 0.2) is 59.7 Å². The summed E-state index contributed by atoms with van der Waals surface area (Å²) in [6, 6.07) is 17.0. The van der Waals surface area contributed by atoms with Gasteiger partial charge in [-0.2, -0.15) is 0 Å². The number of unbranched alkanes of at least 4 members (excludes halogenated alkanes) is 1. The molecule has 0 unspecified atom stereocenters. The topological polar surface area (TPSA) is 106 Å². The fourth-order valence-electron chi connectivity index (χ4n) is 3.78. The van der Waals surface area contributed by atoms with E-state index in [1.165, 1.54) is 4.90 Å². The highest BCUT2D eigenvalue weighted by Crippen LogP contribution is 2.38. The normalized spacial score (nSPS) is 12.7. The molecule has 7 heteroatoms. The fourth-order valence-corrected chi connectivity index (χ4v) is 3.78. The summed E-state index contributed by atoms with van der Waals surface area (Å²) in [5.41, 5.74) is 9.61. The Hall–Kier alpha value is -3.31. The third-order valence-electron chi connectivity index (χ3n) is 5.33. The Bertz CT molecular complexity index is 906. The summed E-state index contributed by atoms with van der Waals surface area (Å²) in [5.74, 6) is -1.95. The molecule has 2 aromatic rings. The van der Waals surface area contributed by atoms with E-state index in [-0.39, 0.29) is 19.0 Å². The molecule has 0 aliphatic heterocycles. The number of carboxylic acids is 1. The van der Waals surface area contributed by atoms with Gasteiger partial charge in [-0.1, -0.05) is 86.9 Å². The lowest BCUT2D eigenvalue weighted by atomic mass is 9.77. The van der Waals surface area contributed by atoms with Crippen LogP contribution in [0.5, 0.6) is 0 Å². The van der Waals surface area contributed by atoms with Gasteiger partial charge in [0.05, 0.1) is 0 Å². The predicted octanol–water partition coefficient (Wildman–Crippen LogP) is 5.58. The van der Waals surface area contributed by atoms with Crippen molar-refractivity contribution in [3.05, 3.63) is 70.6 Å². The smallest absolute Gasteiger partial charge is 0.334 e. The summed E-state index contributed by atoms with van der Waals surface area (Å²) in [7, 11) is 0. The van der Waals surface area contributed by atoms with Gasteiger partial charge in [0.2, 0.25) is 5.91 Å². The van der Waals surface area contributed by atoms with Crippen LogP contribution in [-0.2, 0) is 15.1 Å². The van der Waals surface area contributed by atoms with Crippen LogP contribution in [0.3, 0.4) is 0 Å². The maximum atomic E-state index is 13.0. The van der Waals surface area contributed by atoms with Gasteiger partial charge in [0.15, 0.2) is 5.54 Å². The zero-order chi connectivity index (χ0) is 22.1. The minimum Gasteiger partial charge on any atom is -0.479 e. The molecule has 0 fully saturated rings. The van der Waals surface area contributed by atoms with E-state index in [0.29, 0.717) is 12.0 Å². The molecule has 2 rings (SSSR count). The van der Waals surface area contributed by atoms with E-state index in [4.69, 9.17) is 5.53 Å². The predicted molar refractivity (Wildman–Crippen MR) is 116 cm³/mol. The van der Waals surface area contributed by atoms with Crippen molar-refractivity contribution < 1.29 is 14.7 Å². The minimum absolute atomic E-state index is 0.196. The molecular formula is C23H28N4O3. The summed E-state index contributed by atoms with van der Waals surface area (Å²) in [4.78, 5) is 29.6. The summed E-state index contributed by atoms with van der Waals surface area (Å²) in [6.07, 6.45) is 1.63. The van der Waals surface area contributed by atoms with Gasteiger partial charge in [-0.25, -0.2) is 4.79 Å². The van der Waals surface area contributed by atoms with Gasteiger partial charge in [0, 0.05) is 11.3 Å². The van der Waals surface area contributed by atoms with Crippen LogP contribution >= 0.6 is 0 Å². The molecule has 158 valence electrons. The fraction of sp³-hybridized carbons (Fsp3) is 0.391. The molecule has 0 bridgehead atoms. The van der Waals surface area contributed by atoms with Crippen LogP contribution in [0.25, 0.3) is 21.6 Å². The third kappa shape index (κ3) is 4.63. The van der Waals surface area contributed by atoms with Gasteiger partial charge >= 0.3 is 5.97 Å². The molecular weight excluding hydrogens is 380 g/mol. The number of rotatable bonds is 10. The van der Waals surface area contributed by atoms with Crippen molar-refractivity contribution in [2.45, 2.75) is 45.6 Å². The molecule has 30 heavy (non-hydrogen) atoms. The molecule has 0 saturated heterocycles. The highest BCUT2D eigenvalue weighted by Gasteiger charge is 2.50. The van der Waals surface area contributed by atoms with Crippen molar-refractivity contribution in [2.24, 2.45) is 11.0 Å². The number of nitrogens with zero attached hydrogens (tertiary/aromatic N) is 4. The number of carbonyl (C=O) groups is 2. The number of carbonyl (C=O) groups excluding carboxylic acids is 1. The number of azide groups is 1. The van der Waals surface area contributed by atoms with Crippen molar-refractivity contribution >= 4 is 11.9 Å². The summed E-state index contributed by atoms with van der Waals surface area (Å²) in [5, 5.41) is 13.9. The Morgan fingerprint density at radius 1 is 1.10 bits per heavy atom. The Balaban J connectivity index is 2.60. The quantitative estimate of drug-likeness (QED) is 0.315. The molecule has 0 radical (unpaired) electrons. The van der Waals surface area contributed by atoms with Crippen LogP contribution in [0.1, 0.15) is 45.6 Å². The highest BCUT2D eigenvalue weighted by atomic mass is 16.4. The number of hydrogen-bond donors (Lipinski definition) is 1. The average Bonchev–Trinajstić information content (AvgIpc) is 2.75. The first-order valence-corrected chi connectivity index (χ1v) is 10.1. The Morgan fingerprint density at radius 2 is 1.70 bits per heavy atom. The molecule has 1 amide bonds. The second-order valence-electron chi connectivity index (χ2n) is 7.47. The van der Waals surface area contributed by atoms with Gasteiger partial charge in [0.1, 0.15) is 6.67 Å². The van der Waals surface area contributed by atoms with Crippen LogP contribution < -0.4 is 0 Å². The molecule has 0 aromatic heterocycles. The Kier molecular flexibility index (Phi) is 8.01. The number of amides is 1. The molecule has 1 atom stereocenters. The molecule has 0 aliphatic rings. The van der Waals surface area contributed by atoms with E-state index in [0.717, 1.165) is 17.5 Å². The molecule has 1 N–H and O–H groups in total. The lowest BCUT2D eigenvalue weighted by molar-refractivity contribution is -0.164. The van der Waals surface area contributed by atoms with Gasteiger partial charge in [-0.15, -0.1) is 0 Å². The molecule has 0 spiro atoms. The lowest BCUT2D eigenvalue weighted by Crippen LogP contribution is -2.57. The van der Waals surface area contributed by atoms with E-state index in [2.05, 4.69) is 10.0 Å². The maximum absolute atomic E-state index is 13.0. The Labute approximate surface area is 177 Å². The molecule has 2 aromatic carbocycles. The SMILES string of the molecule is CCCCC(=O)N(CN=[N+]=[N-])[C@@](C(=O)O)(c1ccc(-c2ccccc2)cc1)C(C)C. The summed E-state index contributed by atoms with van der Waals surface area (Å²) in [6.45, 7) is 5.13. The number of aliphatic carboxylic acids is 1. The second-order valence-corrected chi connectivity index (χ2v) is 7.47. The Morgan fingerprint density at radius 3 is 2.20 bits per heavy atom. The third-order valence-corrected chi connectivity index (χ3v) is 5.33. The van der Waals surface area contributed by atoms with Crippen LogP contribution in [0.4, 0.5) is 0 Å². The first kappa shape index (κ1) is 23.0. The van der Waals surface area contributed by atoms with Crippen molar-refractivity contribution in [1.29, 1.82) is 0 Å². The second kappa shape index (κ2) is 10.5. The van der Waals surface area contributed by atoms with Gasteiger partial charge in [-0.05, 0) is 34.6 Å². The van der Waals surface area contributed by atoms with Gasteiger partial charge < -0.3 is 10.0 Å². The van der Waals surface area contributed by atoms with Crippen LogP contribution in [0, 0.1) is 5.92 Å². The van der Waals surface area contributed by atoms with E-state index in [9.17, 15) is 14.7 Å². The first-order chi connectivity index (χ1) is 14.4. The van der Waals surface area contributed by atoms with Crippen molar-refractivity contribution in [3.63, 3.8) is 0 Å². The van der Waals surface area contributed by atoms with E-state index < -0.39 is 17.4 Å². The zero-order valence-electron chi connectivity index (χ0n) is 17.7. The average molecular weight is 409 g/mol. The lowest BCUT2D eigenvalue weighted by Gasteiger charge is -2.43. The van der Waals surface area contributed by atoms with E-state index in [1.54, 1.807) is 26.0 Å². The van der Waals surface area contributed by atoms with Crippen molar-refractivity contribution in [3.8, 4) is 11.1 Å². The van der Waals surface area contributed by atoms with Crippen LogP contribution in [-0.4, -0.2) is 28.6 Å². The van der Waals surface area contributed by atoms with E-state index >= 15 is 0 Å². The zero-order valence-corrected chi connectivity index (χ0v) is 17.7. The van der Waals surface area contributed by atoms with E-state index in [1.807, 2.05) is 49.4 Å². The molecule has 0 saturated carbocycles. The number of benzene rings is 2. The van der Waals surface area contributed by atoms with Crippen LogP contribution in [0.2, 0.25) is 0 Å². The molecule has 7 nitrogen and oxygen atoms in total.